The number of hydrogen-bond donors (Lipinski definition) is 1. The number of amides is 2. The molecule has 1 saturated heterocycles. The Labute approximate surface area is 188 Å². The summed E-state index contributed by atoms with van der Waals surface area (Å²) in [5.41, 5.74) is -0.234. The van der Waals surface area contributed by atoms with Gasteiger partial charge in [-0.3, -0.25) is 9.80 Å². The maximum absolute atomic E-state index is 13.8. The third kappa shape index (κ3) is 3.37. The predicted molar refractivity (Wildman–Crippen MR) is 125 cm³/mol. The number of aliphatic hydroxyl groups is 1. The van der Waals surface area contributed by atoms with Crippen molar-refractivity contribution < 1.29 is 9.90 Å². The summed E-state index contributed by atoms with van der Waals surface area (Å²) in [4.78, 5) is 16.6. The van der Waals surface area contributed by atoms with Gasteiger partial charge in [0, 0.05) is 22.5 Å². The fourth-order valence-electron chi connectivity index (χ4n) is 4.02. The van der Waals surface area contributed by atoms with Crippen LogP contribution in [0, 0.1) is 29.6 Å². The van der Waals surface area contributed by atoms with Crippen molar-refractivity contribution in [2.45, 2.75) is 32.0 Å². The number of nitriles is 2. The third-order valence-electron chi connectivity index (χ3n) is 5.76. The van der Waals surface area contributed by atoms with Crippen LogP contribution in [-0.2, 0) is 0 Å². The molecule has 0 radical (unpaired) electrons. The number of aryl methyl sites for hydroxylation is 1. The summed E-state index contributed by atoms with van der Waals surface area (Å²) in [7, 11) is 0. The lowest BCUT2D eigenvalue weighted by Crippen LogP contribution is -2.59. The van der Waals surface area contributed by atoms with Gasteiger partial charge in [-0.25, -0.2) is 4.79 Å². The first-order valence-electron chi connectivity index (χ1n) is 9.99. The molecule has 1 atom stereocenters. The Kier molecular flexibility index (Phi) is 5.77. The third-order valence-corrected chi connectivity index (χ3v) is 5.76. The van der Waals surface area contributed by atoms with Crippen molar-refractivity contribution in [3.8, 4) is 12.1 Å². The first kappa shape index (κ1) is 22.6. The number of allylic oxidation sites excluding steroid dienone is 2. The van der Waals surface area contributed by atoms with Gasteiger partial charge in [0.1, 0.15) is 0 Å². The van der Waals surface area contributed by atoms with E-state index in [0.29, 0.717) is 16.9 Å². The molecule has 6 nitrogen and oxygen atoms in total. The van der Waals surface area contributed by atoms with E-state index in [1.165, 1.54) is 22.0 Å². The minimum atomic E-state index is -1.90. The Morgan fingerprint density at radius 3 is 2.06 bits per heavy atom. The van der Waals surface area contributed by atoms with Gasteiger partial charge in [-0.1, -0.05) is 36.9 Å². The van der Waals surface area contributed by atoms with E-state index in [0.717, 1.165) is 5.56 Å². The molecule has 160 valence electrons. The average molecular weight is 425 g/mol. The maximum atomic E-state index is 13.8. The van der Waals surface area contributed by atoms with Crippen LogP contribution in [0.4, 0.5) is 16.2 Å². The standard InChI is InChI=1S/C26H24N4O2/c1-6-21(15-19(3)16-27)26(32)25(4,5)29(22-11-7-18(2)8-12-22)24(31)30(26)23-13-9-20(17-28)10-14-23/h6-15,32H,1,3H2,2,4-5H3/b21-15+. The van der Waals surface area contributed by atoms with Crippen molar-refractivity contribution >= 4 is 17.4 Å². The number of carbonyl (C=O) groups is 1. The SMILES string of the molecule is C=C/C(=C\C(=C)C#N)C1(O)N(c2ccc(C#N)cc2)C(=O)N(c2ccc(C)cc2)C1(C)C. The topological polar surface area (TPSA) is 91.4 Å². The summed E-state index contributed by atoms with van der Waals surface area (Å²) in [6.07, 6.45) is 2.85. The van der Waals surface area contributed by atoms with Crippen LogP contribution in [0.5, 0.6) is 0 Å². The second-order valence-electron chi connectivity index (χ2n) is 8.12. The van der Waals surface area contributed by atoms with Crippen LogP contribution in [0.1, 0.15) is 25.0 Å². The van der Waals surface area contributed by atoms with E-state index in [1.807, 2.05) is 43.3 Å². The lowest BCUT2D eigenvalue weighted by Gasteiger charge is -2.43. The van der Waals surface area contributed by atoms with Crippen LogP contribution in [-0.4, -0.2) is 22.4 Å². The zero-order valence-corrected chi connectivity index (χ0v) is 18.3. The van der Waals surface area contributed by atoms with Gasteiger partial charge in [-0.15, -0.1) is 0 Å². The number of anilines is 2. The highest BCUT2D eigenvalue weighted by atomic mass is 16.3. The quantitative estimate of drug-likeness (QED) is 0.542. The largest absolute Gasteiger partial charge is 0.365 e. The molecular formula is C26H24N4O2. The second kappa shape index (κ2) is 8.19. The Bertz CT molecular complexity index is 1190. The van der Waals surface area contributed by atoms with Crippen molar-refractivity contribution in [1.29, 1.82) is 10.5 Å². The average Bonchev–Trinajstić information content (AvgIpc) is 2.94. The van der Waals surface area contributed by atoms with Gasteiger partial charge >= 0.3 is 6.03 Å². The Hall–Kier alpha value is -4.13. The molecule has 2 aromatic rings. The van der Waals surface area contributed by atoms with Gasteiger partial charge in [0.25, 0.3) is 0 Å². The molecule has 1 heterocycles. The lowest BCUT2D eigenvalue weighted by atomic mass is 9.82. The zero-order valence-electron chi connectivity index (χ0n) is 18.3. The molecule has 1 unspecified atom stereocenters. The molecule has 0 spiro atoms. The summed E-state index contributed by atoms with van der Waals surface area (Å²) in [5.74, 6) is 0. The van der Waals surface area contributed by atoms with Gasteiger partial charge in [-0.2, -0.15) is 10.5 Å². The van der Waals surface area contributed by atoms with Gasteiger partial charge in [0.05, 0.1) is 23.2 Å². The van der Waals surface area contributed by atoms with Gasteiger partial charge in [0.15, 0.2) is 5.72 Å². The second-order valence-corrected chi connectivity index (χ2v) is 8.12. The van der Waals surface area contributed by atoms with E-state index in [1.54, 1.807) is 38.1 Å². The first-order valence-corrected chi connectivity index (χ1v) is 9.99. The van der Waals surface area contributed by atoms with Crippen LogP contribution in [0.3, 0.4) is 0 Å². The highest BCUT2D eigenvalue weighted by Gasteiger charge is 2.64. The number of rotatable bonds is 5. The molecule has 2 aromatic carbocycles. The number of benzene rings is 2. The number of nitrogens with zero attached hydrogens (tertiary/aromatic N) is 4. The number of hydrogen-bond acceptors (Lipinski definition) is 4. The summed E-state index contributed by atoms with van der Waals surface area (Å²) >= 11 is 0. The molecule has 3 rings (SSSR count). The molecule has 6 heteroatoms. The number of urea groups is 1. The van der Waals surface area contributed by atoms with Crippen molar-refractivity contribution in [2.24, 2.45) is 0 Å². The van der Waals surface area contributed by atoms with Crippen LogP contribution in [0.15, 0.2) is 85.0 Å². The van der Waals surface area contributed by atoms with Crippen molar-refractivity contribution in [2.75, 3.05) is 9.80 Å². The molecule has 1 aliphatic heterocycles. The molecule has 0 aromatic heterocycles. The minimum Gasteiger partial charge on any atom is -0.365 e. The molecule has 2 amide bonds. The van der Waals surface area contributed by atoms with Crippen molar-refractivity contribution in [1.82, 2.24) is 0 Å². The summed E-state index contributed by atoms with van der Waals surface area (Å²) in [5, 5.41) is 30.6. The predicted octanol–water partition coefficient (Wildman–Crippen LogP) is 4.97. The normalized spacial score (nSPS) is 19.9. The minimum absolute atomic E-state index is 0.116. The monoisotopic (exact) mass is 424 g/mol. The molecule has 1 N–H and O–H groups in total. The molecular weight excluding hydrogens is 400 g/mol. The Balaban J connectivity index is 2.31. The molecule has 0 bridgehead atoms. The van der Waals surface area contributed by atoms with Crippen LogP contribution in [0.25, 0.3) is 0 Å². The highest BCUT2D eigenvalue weighted by Crippen LogP contribution is 2.49. The van der Waals surface area contributed by atoms with Crippen molar-refractivity contribution in [3.05, 3.63) is 96.1 Å². The van der Waals surface area contributed by atoms with E-state index in [2.05, 4.69) is 13.2 Å². The summed E-state index contributed by atoms with van der Waals surface area (Å²) < 4.78 is 0. The fourth-order valence-corrected chi connectivity index (χ4v) is 4.02. The maximum Gasteiger partial charge on any atom is 0.332 e. The zero-order chi connectivity index (χ0) is 23.7. The molecule has 0 saturated carbocycles. The summed E-state index contributed by atoms with van der Waals surface area (Å²) in [6, 6.07) is 17.3. The van der Waals surface area contributed by atoms with E-state index in [4.69, 9.17) is 5.26 Å². The van der Waals surface area contributed by atoms with Gasteiger partial charge in [0.2, 0.25) is 0 Å². The molecule has 1 aliphatic rings. The van der Waals surface area contributed by atoms with Gasteiger partial charge in [-0.05, 0) is 63.2 Å². The Morgan fingerprint density at radius 2 is 1.56 bits per heavy atom. The van der Waals surface area contributed by atoms with Crippen LogP contribution >= 0.6 is 0 Å². The number of carbonyl (C=O) groups excluding carboxylic acids is 1. The van der Waals surface area contributed by atoms with E-state index in [9.17, 15) is 15.2 Å². The lowest BCUT2D eigenvalue weighted by molar-refractivity contribution is 0.0413. The first-order chi connectivity index (χ1) is 15.1. The smallest absolute Gasteiger partial charge is 0.332 e. The molecule has 0 aliphatic carbocycles. The molecule has 32 heavy (non-hydrogen) atoms. The van der Waals surface area contributed by atoms with Crippen LogP contribution < -0.4 is 9.80 Å². The van der Waals surface area contributed by atoms with Gasteiger partial charge < -0.3 is 5.11 Å². The highest BCUT2D eigenvalue weighted by molar-refractivity contribution is 6.10. The Morgan fingerprint density at radius 1 is 1.03 bits per heavy atom. The van der Waals surface area contributed by atoms with E-state index >= 15 is 0 Å². The van der Waals surface area contributed by atoms with Crippen molar-refractivity contribution in [3.63, 3.8) is 0 Å². The van der Waals surface area contributed by atoms with E-state index in [-0.39, 0.29) is 11.1 Å². The molecule has 1 fully saturated rings. The summed E-state index contributed by atoms with van der Waals surface area (Å²) in [6.45, 7) is 13.0. The van der Waals surface area contributed by atoms with E-state index < -0.39 is 17.3 Å². The fraction of sp³-hybridized carbons (Fsp3) is 0.192. The van der Waals surface area contributed by atoms with Crippen LogP contribution in [0.2, 0.25) is 0 Å².